The van der Waals surface area contributed by atoms with Gasteiger partial charge >= 0.3 is 5.97 Å². The monoisotopic (exact) mass is 375 g/mol. The van der Waals surface area contributed by atoms with Gasteiger partial charge in [0.2, 0.25) is 0 Å². The average molecular weight is 375 g/mol. The van der Waals surface area contributed by atoms with Crippen molar-refractivity contribution in [2.75, 3.05) is 11.3 Å². The zero-order valence-electron chi connectivity index (χ0n) is 13.5. The van der Waals surface area contributed by atoms with Crippen LogP contribution in [0.3, 0.4) is 0 Å². The van der Waals surface area contributed by atoms with Crippen molar-refractivity contribution in [1.29, 1.82) is 5.26 Å². The maximum Gasteiger partial charge on any atom is 0.339 e. The molecule has 0 fully saturated rings. The summed E-state index contributed by atoms with van der Waals surface area (Å²) >= 11 is 0. The highest BCUT2D eigenvalue weighted by atomic mass is 32.2. The molecule has 0 bridgehead atoms. The summed E-state index contributed by atoms with van der Waals surface area (Å²) in [5.74, 6) is -0.713. The summed E-state index contributed by atoms with van der Waals surface area (Å²) < 4.78 is 31.9. The Bertz CT molecular complexity index is 994. The largest absolute Gasteiger partial charge is 0.447 e. The van der Waals surface area contributed by atoms with E-state index < -0.39 is 20.9 Å². The van der Waals surface area contributed by atoms with Crippen LogP contribution in [0.2, 0.25) is 0 Å². The maximum absolute atomic E-state index is 12.5. The number of sulfonamides is 1. The summed E-state index contributed by atoms with van der Waals surface area (Å²) in [4.78, 5) is 21.5. The number of ether oxygens (including phenoxy) is 1. The molecule has 0 aliphatic rings. The molecule has 0 aliphatic heterocycles. The number of nitriles is 1. The van der Waals surface area contributed by atoms with Crippen LogP contribution >= 0.6 is 0 Å². The van der Waals surface area contributed by atoms with Gasteiger partial charge in [-0.1, -0.05) is 6.07 Å². The Balaban J connectivity index is 2.25. The van der Waals surface area contributed by atoms with Gasteiger partial charge in [-0.25, -0.2) is 13.2 Å². The van der Waals surface area contributed by atoms with Crippen LogP contribution in [0.25, 0.3) is 0 Å². The fourth-order valence-corrected chi connectivity index (χ4v) is 3.38. The van der Waals surface area contributed by atoms with Crippen LogP contribution in [0, 0.1) is 28.4 Å². The van der Waals surface area contributed by atoms with Gasteiger partial charge in [0.15, 0.2) is 6.61 Å². The van der Waals surface area contributed by atoms with E-state index in [0.29, 0.717) is 5.56 Å². The van der Waals surface area contributed by atoms with Gasteiger partial charge in [0.25, 0.3) is 15.7 Å². The molecule has 0 saturated heterocycles. The number of hydrogen-bond acceptors (Lipinski definition) is 7. The van der Waals surface area contributed by atoms with Gasteiger partial charge in [0.05, 0.1) is 15.4 Å². The van der Waals surface area contributed by atoms with Crippen molar-refractivity contribution >= 4 is 27.4 Å². The number of nitro benzene ring substituents is 1. The van der Waals surface area contributed by atoms with Gasteiger partial charge in [-0.2, -0.15) is 5.26 Å². The number of esters is 1. The summed E-state index contributed by atoms with van der Waals surface area (Å²) in [5.41, 5.74) is 0.314. The van der Waals surface area contributed by atoms with Crippen LogP contribution in [-0.4, -0.2) is 25.9 Å². The Hall–Kier alpha value is -3.45. The van der Waals surface area contributed by atoms with Crippen LogP contribution in [0.1, 0.15) is 15.9 Å². The minimum atomic E-state index is -4.06. The molecule has 10 heteroatoms. The molecule has 0 spiro atoms. The Kier molecular flexibility index (Phi) is 5.54. The van der Waals surface area contributed by atoms with Crippen LogP contribution in [-0.2, 0) is 14.8 Å². The highest BCUT2D eigenvalue weighted by Crippen LogP contribution is 2.24. The number of non-ortho nitro benzene ring substituents is 1. The first-order valence-corrected chi connectivity index (χ1v) is 8.65. The smallest absolute Gasteiger partial charge is 0.339 e. The molecule has 2 aromatic carbocycles. The fourth-order valence-electron chi connectivity index (χ4n) is 2.06. The molecule has 0 amide bonds. The Morgan fingerprint density at radius 2 is 1.92 bits per heavy atom. The fraction of sp³-hybridized carbons (Fsp3) is 0.125. The molecule has 26 heavy (non-hydrogen) atoms. The molecule has 134 valence electrons. The third-order valence-corrected chi connectivity index (χ3v) is 4.84. The van der Waals surface area contributed by atoms with Gasteiger partial charge in [0.1, 0.15) is 6.07 Å². The van der Waals surface area contributed by atoms with Crippen molar-refractivity contribution in [2.45, 2.75) is 11.8 Å². The topological polar surface area (TPSA) is 139 Å². The first-order chi connectivity index (χ1) is 12.2. The number of aryl methyl sites for hydroxylation is 1. The lowest BCUT2D eigenvalue weighted by atomic mass is 10.2. The lowest BCUT2D eigenvalue weighted by Crippen LogP contribution is -2.15. The number of anilines is 1. The molecule has 0 radical (unpaired) electrons. The number of nitro groups is 1. The summed E-state index contributed by atoms with van der Waals surface area (Å²) in [5, 5.41) is 19.2. The van der Waals surface area contributed by atoms with Gasteiger partial charge in [-0.05, 0) is 36.8 Å². The zero-order valence-corrected chi connectivity index (χ0v) is 14.3. The van der Waals surface area contributed by atoms with Crippen LogP contribution in [0.5, 0.6) is 0 Å². The summed E-state index contributed by atoms with van der Waals surface area (Å²) in [6.45, 7) is 1.13. The van der Waals surface area contributed by atoms with Crippen molar-refractivity contribution < 1.29 is 22.9 Å². The maximum atomic E-state index is 12.5. The number of hydrogen-bond donors (Lipinski definition) is 1. The minimum absolute atomic E-state index is 0.148. The molecular weight excluding hydrogens is 362 g/mol. The van der Waals surface area contributed by atoms with E-state index in [9.17, 15) is 23.3 Å². The van der Waals surface area contributed by atoms with Gasteiger partial charge < -0.3 is 4.74 Å². The number of nitrogens with one attached hydrogen (secondary N) is 1. The normalized spacial score (nSPS) is 10.6. The molecule has 0 aromatic heterocycles. The molecule has 0 aliphatic carbocycles. The number of carbonyl (C=O) groups is 1. The summed E-state index contributed by atoms with van der Waals surface area (Å²) in [6.07, 6.45) is 0. The van der Waals surface area contributed by atoms with Crippen LogP contribution < -0.4 is 4.72 Å². The quantitative estimate of drug-likeness (QED) is 0.464. The number of rotatable bonds is 6. The molecule has 2 rings (SSSR count). The second-order valence-electron chi connectivity index (χ2n) is 5.12. The van der Waals surface area contributed by atoms with Crippen molar-refractivity contribution in [3.05, 3.63) is 63.7 Å². The first-order valence-electron chi connectivity index (χ1n) is 7.16. The van der Waals surface area contributed by atoms with Crippen LogP contribution in [0.15, 0.2) is 47.4 Å². The number of nitrogens with zero attached hydrogens (tertiary/aromatic N) is 2. The van der Waals surface area contributed by atoms with Crippen molar-refractivity contribution in [2.24, 2.45) is 0 Å². The van der Waals surface area contributed by atoms with E-state index in [-0.39, 0.29) is 28.4 Å². The van der Waals surface area contributed by atoms with Crippen LogP contribution in [0.4, 0.5) is 11.4 Å². The van der Waals surface area contributed by atoms with Gasteiger partial charge in [0, 0.05) is 17.8 Å². The summed E-state index contributed by atoms with van der Waals surface area (Å²) in [6, 6.07) is 10.6. The third-order valence-electron chi connectivity index (χ3n) is 3.31. The van der Waals surface area contributed by atoms with Crippen molar-refractivity contribution in [3.63, 3.8) is 0 Å². The molecule has 2 aromatic rings. The predicted octanol–water partition coefficient (Wildman–Crippen LogP) is 2.38. The van der Waals surface area contributed by atoms with Gasteiger partial charge in [-0.15, -0.1) is 0 Å². The number of carbonyl (C=O) groups excluding carboxylic acids is 1. The minimum Gasteiger partial charge on any atom is -0.447 e. The van der Waals surface area contributed by atoms with E-state index in [1.165, 1.54) is 43.3 Å². The molecule has 1 N–H and O–H groups in total. The van der Waals surface area contributed by atoms with E-state index >= 15 is 0 Å². The zero-order chi connectivity index (χ0) is 19.3. The molecule has 0 heterocycles. The molecule has 0 unspecified atom stereocenters. The van der Waals surface area contributed by atoms with E-state index in [0.717, 1.165) is 6.07 Å². The Morgan fingerprint density at radius 3 is 2.50 bits per heavy atom. The summed E-state index contributed by atoms with van der Waals surface area (Å²) in [7, 11) is -4.06. The Morgan fingerprint density at radius 1 is 1.27 bits per heavy atom. The second kappa shape index (κ2) is 7.62. The third kappa shape index (κ3) is 4.34. The Labute approximate surface area is 149 Å². The predicted molar refractivity (Wildman–Crippen MR) is 91.0 cm³/mol. The highest BCUT2D eigenvalue weighted by Gasteiger charge is 2.21. The van der Waals surface area contributed by atoms with Gasteiger partial charge in [-0.3, -0.25) is 14.8 Å². The second-order valence-corrected chi connectivity index (χ2v) is 6.77. The van der Waals surface area contributed by atoms with E-state index in [4.69, 9.17) is 5.26 Å². The number of benzene rings is 2. The lowest BCUT2D eigenvalue weighted by Gasteiger charge is -2.10. The highest BCUT2D eigenvalue weighted by molar-refractivity contribution is 7.92. The van der Waals surface area contributed by atoms with E-state index in [1.807, 2.05) is 0 Å². The van der Waals surface area contributed by atoms with Crippen molar-refractivity contribution in [1.82, 2.24) is 0 Å². The molecule has 0 atom stereocenters. The van der Waals surface area contributed by atoms with Crippen molar-refractivity contribution in [3.8, 4) is 6.07 Å². The molecule has 0 saturated carbocycles. The molecular formula is C16H13N3O6S. The SMILES string of the molecule is Cc1ccc([N+](=O)[O-])cc1S(=O)(=O)Nc1ccc(C(=O)OCC#N)cc1. The lowest BCUT2D eigenvalue weighted by molar-refractivity contribution is -0.385. The van der Waals surface area contributed by atoms with E-state index in [2.05, 4.69) is 9.46 Å². The first kappa shape index (κ1) is 18.9. The standard InChI is InChI=1S/C16H13N3O6S/c1-11-2-7-14(19(21)22)10-15(11)26(23,24)18-13-5-3-12(4-6-13)16(20)25-9-8-17/h2-7,10,18H,9H2,1H3. The van der Waals surface area contributed by atoms with E-state index in [1.54, 1.807) is 6.07 Å². The average Bonchev–Trinajstić information content (AvgIpc) is 2.60. The molecule has 9 nitrogen and oxygen atoms in total.